The predicted molar refractivity (Wildman–Crippen MR) is 85.9 cm³/mol. The Bertz CT molecular complexity index is 936. The maximum atomic E-state index is 12.9. The van der Waals surface area contributed by atoms with Crippen molar-refractivity contribution in [2.45, 2.75) is 19.9 Å². The molecule has 0 bridgehead atoms. The van der Waals surface area contributed by atoms with Gasteiger partial charge in [-0.05, 0) is 32.0 Å². The molecular weight excluding hydrogens is 292 g/mol. The van der Waals surface area contributed by atoms with Gasteiger partial charge >= 0.3 is 0 Å². The smallest absolute Gasteiger partial charge is 0.265 e. The molecule has 2 aliphatic heterocycles. The lowest BCUT2D eigenvalue weighted by Gasteiger charge is -2.29. The Morgan fingerprint density at radius 2 is 1.78 bits per heavy atom. The van der Waals surface area contributed by atoms with Gasteiger partial charge in [-0.25, -0.2) is 4.90 Å². The largest absolute Gasteiger partial charge is 0.398 e. The van der Waals surface area contributed by atoms with E-state index in [1.807, 2.05) is 13.0 Å². The predicted octanol–water partition coefficient (Wildman–Crippen LogP) is 3.10. The number of nitrogens with zero attached hydrogens (tertiary/aromatic N) is 3. The van der Waals surface area contributed by atoms with Crippen molar-refractivity contribution in [3.05, 3.63) is 52.9 Å². The number of allylic oxidation sites excluding steroid dienone is 1. The molecule has 6 nitrogen and oxygen atoms in total. The number of amides is 2. The van der Waals surface area contributed by atoms with Crippen LogP contribution >= 0.6 is 0 Å². The number of imide groups is 1. The van der Waals surface area contributed by atoms with Crippen LogP contribution in [0.15, 0.2) is 52.0 Å². The fraction of sp³-hybridized carbons (Fsp3) is 0.176. The molecule has 0 radical (unpaired) electrons. The van der Waals surface area contributed by atoms with E-state index in [2.05, 4.69) is 10.2 Å². The van der Waals surface area contributed by atoms with Crippen LogP contribution in [0.5, 0.6) is 0 Å². The van der Waals surface area contributed by atoms with Gasteiger partial charge in [-0.2, -0.15) is 10.2 Å². The summed E-state index contributed by atoms with van der Waals surface area (Å²) >= 11 is 0. The van der Waals surface area contributed by atoms with Crippen molar-refractivity contribution in [3.63, 3.8) is 0 Å². The first-order valence-electron chi connectivity index (χ1n) is 7.32. The zero-order valence-electron chi connectivity index (χ0n) is 12.7. The highest BCUT2D eigenvalue weighted by Gasteiger charge is 2.39. The number of azo groups is 1. The van der Waals surface area contributed by atoms with Crippen molar-refractivity contribution in [1.82, 2.24) is 4.90 Å². The zero-order chi connectivity index (χ0) is 16.3. The van der Waals surface area contributed by atoms with Gasteiger partial charge in [0.1, 0.15) is 6.04 Å². The van der Waals surface area contributed by atoms with Gasteiger partial charge in [0.05, 0.1) is 11.4 Å². The fourth-order valence-corrected chi connectivity index (χ4v) is 3.27. The molecule has 1 atom stereocenters. The van der Waals surface area contributed by atoms with Gasteiger partial charge in [0.2, 0.25) is 0 Å². The molecule has 6 heteroatoms. The molecule has 1 unspecified atom stereocenters. The van der Waals surface area contributed by atoms with Crippen LogP contribution in [0.1, 0.15) is 34.6 Å². The van der Waals surface area contributed by atoms with Crippen LogP contribution in [0.25, 0.3) is 10.8 Å². The lowest BCUT2D eigenvalue weighted by molar-refractivity contribution is 0.0654. The summed E-state index contributed by atoms with van der Waals surface area (Å²) in [6.07, 6.45) is 0. The molecule has 0 saturated carbocycles. The number of nitrogen functional groups attached to an aromatic ring is 1. The molecule has 2 heterocycles. The summed E-state index contributed by atoms with van der Waals surface area (Å²) in [4.78, 5) is 27.1. The molecule has 0 spiro atoms. The fourth-order valence-electron chi connectivity index (χ4n) is 3.27. The van der Waals surface area contributed by atoms with E-state index < -0.39 is 0 Å². The number of benzene rings is 2. The van der Waals surface area contributed by atoms with Crippen molar-refractivity contribution in [1.29, 1.82) is 0 Å². The number of hydrogen-bond donors (Lipinski definition) is 1. The first-order chi connectivity index (χ1) is 11.0. The van der Waals surface area contributed by atoms with E-state index in [0.29, 0.717) is 33.6 Å². The number of nitrogens with two attached hydrogens (primary N) is 1. The van der Waals surface area contributed by atoms with Crippen molar-refractivity contribution < 1.29 is 9.59 Å². The first kappa shape index (κ1) is 13.6. The Hall–Kier alpha value is -3.02. The number of carbonyl (C=O) groups is 2. The van der Waals surface area contributed by atoms with Gasteiger partial charge in [0.25, 0.3) is 11.8 Å². The van der Waals surface area contributed by atoms with Gasteiger partial charge in [-0.3, -0.25) is 9.59 Å². The van der Waals surface area contributed by atoms with Crippen molar-refractivity contribution in [2.75, 3.05) is 5.73 Å². The maximum Gasteiger partial charge on any atom is 0.265 e. The minimum atomic E-state index is -0.354. The summed E-state index contributed by atoms with van der Waals surface area (Å²) in [6.45, 7) is 3.57. The number of rotatable bonds is 1. The quantitative estimate of drug-likeness (QED) is 0.648. The lowest BCUT2D eigenvalue weighted by Crippen LogP contribution is -2.41. The summed E-state index contributed by atoms with van der Waals surface area (Å²) in [5.41, 5.74) is 8.62. The topological polar surface area (TPSA) is 88.1 Å². The van der Waals surface area contributed by atoms with Crippen molar-refractivity contribution in [2.24, 2.45) is 10.2 Å². The van der Waals surface area contributed by atoms with E-state index in [4.69, 9.17) is 5.73 Å². The van der Waals surface area contributed by atoms with Gasteiger partial charge in [-0.15, -0.1) is 0 Å². The molecule has 0 saturated heterocycles. The van der Waals surface area contributed by atoms with E-state index >= 15 is 0 Å². The van der Waals surface area contributed by atoms with E-state index in [9.17, 15) is 9.59 Å². The van der Waals surface area contributed by atoms with E-state index in [-0.39, 0.29) is 17.9 Å². The van der Waals surface area contributed by atoms with Crippen LogP contribution in [0.4, 0.5) is 5.69 Å². The third-order valence-electron chi connectivity index (χ3n) is 4.33. The Morgan fingerprint density at radius 1 is 1.09 bits per heavy atom. The molecule has 23 heavy (non-hydrogen) atoms. The second-order valence-corrected chi connectivity index (χ2v) is 5.74. The highest BCUT2D eigenvalue weighted by atomic mass is 16.2. The van der Waals surface area contributed by atoms with Crippen LogP contribution in [0.2, 0.25) is 0 Å². The average Bonchev–Trinajstić information content (AvgIpc) is 2.86. The Kier molecular flexibility index (Phi) is 2.66. The highest BCUT2D eigenvalue weighted by molar-refractivity contribution is 6.27. The molecule has 0 aromatic heterocycles. The Balaban J connectivity index is 2.01. The summed E-state index contributed by atoms with van der Waals surface area (Å²) in [6, 6.07) is 8.36. The van der Waals surface area contributed by atoms with Gasteiger partial charge in [0, 0.05) is 27.6 Å². The monoisotopic (exact) mass is 306 g/mol. The van der Waals surface area contributed by atoms with Crippen LogP contribution in [-0.4, -0.2) is 22.8 Å². The number of hydrogen-bond acceptors (Lipinski definition) is 5. The van der Waals surface area contributed by atoms with Crippen molar-refractivity contribution in [3.8, 4) is 0 Å². The molecule has 114 valence electrons. The molecule has 4 rings (SSSR count). The second-order valence-electron chi connectivity index (χ2n) is 5.74. The van der Waals surface area contributed by atoms with E-state index in [1.54, 1.807) is 31.2 Å². The maximum absolute atomic E-state index is 12.9. The van der Waals surface area contributed by atoms with Gasteiger partial charge in [0.15, 0.2) is 0 Å². The summed E-state index contributed by atoms with van der Waals surface area (Å²) in [5.74, 6) is -0.709. The average molecular weight is 306 g/mol. The van der Waals surface area contributed by atoms with Crippen LogP contribution in [-0.2, 0) is 0 Å². The molecule has 0 aliphatic carbocycles. The number of carbonyl (C=O) groups excluding carboxylic acids is 2. The second kappa shape index (κ2) is 4.49. The molecular formula is C17H14N4O2. The zero-order valence-corrected chi connectivity index (χ0v) is 12.7. The van der Waals surface area contributed by atoms with Crippen LogP contribution in [0.3, 0.4) is 0 Å². The minimum absolute atomic E-state index is 0.322. The van der Waals surface area contributed by atoms with Crippen molar-refractivity contribution >= 4 is 28.3 Å². The normalized spacial score (nSPS) is 20.1. The van der Waals surface area contributed by atoms with Gasteiger partial charge < -0.3 is 5.73 Å². The molecule has 0 fully saturated rings. The van der Waals surface area contributed by atoms with Gasteiger partial charge in [-0.1, -0.05) is 12.1 Å². The summed E-state index contributed by atoms with van der Waals surface area (Å²) in [7, 11) is 0. The molecule has 2 aromatic carbocycles. The van der Waals surface area contributed by atoms with E-state index in [0.717, 1.165) is 5.39 Å². The minimum Gasteiger partial charge on any atom is -0.398 e. The summed E-state index contributed by atoms with van der Waals surface area (Å²) < 4.78 is 0. The Morgan fingerprint density at radius 3 is 2.43 bits per heavy atom. The van der Waals surface area contributed by atoms with Crippen LogP contribution in [0, 0.1) is 0 Å². The first-order valence-corrected chi connectivity index (χ1v) is 7.32. The highest BCUT2D eigenvalue weighted by Crippen LogP contribution is 2.37. The Labute approximate surface area is 132 Å². The SMILES string of the molecule is CC1=C(N2C(=O)c3cccc4c(N)ccc(c34)C2=O)C(C)N=N1. The third-order valence-corrected chi connectivity index (χ3v) is 4.33. The molecule has 2 amide bonds. The standard InChI is InChI=1S/C17H14N4O2/c1-8-15(9(2)20-19-8)21-16(22)11-5-3-4-10-13(18)7-6-12(14(10)11)17(21)23/h3-8H,18H2,1-2H3. The van der Waals surface area contributed by atoms with Crippen LogP contribution < -0.4 is 5.73 Å². The lowest BCUT2D eigenvalue weighted by atomic mass is 9.92. The number of anilines is 1. The third kappa shape index (κ3) is 1.69. The molecule has 2 aliphatic rings. The summed E-state index contributed by atoms with van der Waals surface area (Å²) in [5, 5.41) is 9.39. The van der Waals surface area contributed by atoms with E-state index in [1.165, 1.54) is 4.90 Å². The molecule has 2 N–H and O–H groups in total. The molecule has 2 aromatic rings.